The molecule has 2 heterocycles. The minimum absolute atomic E-state index is 0.165. The van der Waals surface area contributed by atoms with E-state index in [0.29, 0.717) is 17.8 Å². The van der Waals surface area contributed by atoms with E-state index < -0.39 is 0 Å². The van der Waals surface area contributed by atoms with Crippen molar-refractivity contribution in [2.45, 2.75) is 6.54 Å². The van der Waals surface area contributed by atoms with Crippen LogP contribution in [0.2, 0.25) is 5.02 Å². The van der Waals surface area contributed by atoms with E-state index in [1.807, 2.05) is 79.0 Å². The molecule has 0 bridgehead atoms. The van der Waals surface area contributed by atoms with Gasteiger partial charge in [0.2, 0.25) is 0 Å². The Morgan fingerprint density at radius 3 is 2.76 bits per heavy atom. The predicted octanol–water partition coefficient (Wildman–Crippen LogP) is 5.42. The smallest absolute Gasteiger partial charge is 0.277 e. The number of benzene rings is 3. The molecule has 0 saturated carbocycles. The first-order valence-electron chi connectivity index (χ1n) is 10.8. The SMILES string of the molecule is O=C(COc1cccc2cccnc12)NN=Cc1cn(Cc2ccccc2Cl)c2ccccc12. The fourth-order valence-electron chi connectivity index (χ4n) is 3.86. The van der Waals surface area contributed by atoms with Crippen molar-refractivity contribution in [2.24, 2.45) is 5.10 Å². The monoisotopic (exact) mass is 468 g/mol. The number of amides is 1. The van der Waals surface area contributed by atoms with E-state index in [1.54, 1.807) is 18.5 Å². The van der Waals surface area contributed by atoms with Crippen LogP contribution in [0.25, 0.3) is 21.8 Å². The van der Waals surface area contributed by atoms with Crippen molar-refractivity contribution in [1.29, 1.82) is 0 Å². The van der Waals surface area contributed by atoms with Crippen molar-refractivity contribution < 1.29 is 9.53 Å². The summed E-state index contributed by atoms with van der Waals surface area (Å²) in [6, 6.07) is 25.2. The lowest BCUT2D eigenvalue weighted by Crippen LogP contribution is -2.24. The minimum atomic E-state index is -0.357. The van der Waals surface area contributed by atoms with Crippen molar-refractivity contribution >= 4 is 45.5 Å². The molecule has 34 heavy (non-hydrogen) atoms. The summed E-state index contributed by atoms with van der Waals surface area (Å²) < 4.78 is 7.79. The van der Waals surface area contributed by atoms with E-state index in [-0.39, 0.29) is 12.5 Å². The predicted molar refractivity (Wildman–Crippen MR) is 135 cm³/mol. The van der Waals surface area contributed by atoms with Crippen molar-refractivity contribution in [3.8, 4) is 5.75 Å². The number of ether oxygens (including phenoxy) is 1. The lowest BCUT2D eigenvalue weighted by molar-refractivity contribution is -0.123. The minimum Gasteiger partial charge on any atom is -0.481 e. The van der Waals surface area contributed by atoms with Crippen molar-refractivity contribution in [2.75, 3.05) is 6.61 Å². The zero-order valence-electron chi connectivity index (χ0n) is 18.2. The Hall–Kier alpha value is -4.16. The summed E-state index contributed by atoms with van der Waals surface area (Å²) in [7, 11) is 0. The van der Waals surface area contributed by atoms with E-state index in [2.05, 4.69) is 20.1 Å². The molecule has 1 N–H and O–H groups in total. The molecule has 5 aromatic rings. The van der Waals surface area contributed by atoms with Crippen LogP contribution in [0.4, 0.5) is 0 Å². The van der Waals surface area contributed by atoms with E-state index in [0.717, 1.165) is 32.4 Å². The molecule has 0 fully saturated rings. The quantitative estimate of drug-likeness (QED) is 0.256. The van der Waals surface area contributed by atoms with Gasteiger partial charge in [0.25, 0.3) is 5.91 Å². The molecule has 0 aliphatic carbocycles. The maximum Gasteiger partial charge on any atom is 0.277 e. The molecular formula is C27H21ClN4O2. The van der Waals surface area contributed by atoms with Gasteiger partial charge in [-0.05, 0) is 29.8 Å². The molecule has 168 valence electrons. The van der Waals surface area contributed by atoms with Crippen LogP contribution in [0.5, 0.6) is 5.75 Å². The van der Waals surface area contributed by atoms with Gasteiger partial charge in [-0.15, -0.1) is 0 Å². The van der Waals surface area contributed by atoms with Crippen LogP contribution in [0, 0.1) is 0 Å². The summed E-state index contributed by atoms with van der Waals surface area (Å²) in [6.07, 6.45) is 5.34. The molecule has 6 nitrogen and oxygen atoms in total. The van der Waals surface area contributed by atoms with Crippen LogP contribution >= 0.6 is 11.6 Å². The number of para-hydroxylation sites is 2. The number of nitrogens with zero attached hydrogens (tertiary/aromatic N) is 3. The van der Waals surface area contributed by atoms with Gasteiger partial charge in [-0.1, -0.05) is 66.2 Å². The summed E-state index contributed by atoms with van der Waals surface area (Å²) in [6.45, 7) is 0.467. The van der Waals surface area contributed by atoms with E-state index in [4.69, 9.17) is 16.3 Å². The van der Waals surface area contributed by atoms with Crippen LogP contribution in [0.15, 0.2) is 96.4 Å². The van der Waals surface area contributed by atoms with Gasteiger partial charge in [-0.2, -0.15) is 5.10 Å². The van der Waals surface area contributed by atoms with E-state index in [1.165, 1.54) is 0 Å². The standard InChI is InChI=1S/C27H21ClN4O2/c28-23-11-3-1-7-20(23)16-32-17-21(22-10-2-4-12-24(22)32)15-30-31-26(33)18-34-25-13-5-8-19-9-6-14-29-27(19)25/h1-15,17H,16,18H2,(H,31,33). The number of halogens is 1. The Morgan fingerprint density at radius 2 is 1.85 bits per heavy atom. The van der Waals surface area contributed by atoms with Crippen LogP contribution in [-0.2, 0) is 11.3 Å². The van der Waals surface area contributed by atoms with Crippen LogP contribution in [-0.4, -0.2) is 28.3 Å². The van der Waals surface area contributed by atoms with Gasteiger partial charge in [0.15, 0.2) is 6.61 Å². The topological polar surface area (TPSA) is 68.5 Å². The molecular weight excluding hydrogens is 448 g/mol. The fourth-order valence-corrected chi connectivity index (χ4v) is 4.06. The van der Waals surface area contributed by atoms with Gasteiger partial charge in [-0.25, -0.2) is 5.43 Å². The zero-order chi connectivity index (χ0) is 23.3. The van der Waals surface area contributed by atoms with E-state index in [9.17, 15) is 4.79 Å². The molecule has 7 heteroatoms. The summed E-state index contributed by atoms with van der Waals surface area (Å²) in [5, 5.41) is 6.85. The average molecular weight is 469 g/mol. The summed E-state index contributed by atoms with van der Waals surface area (Å²) in [5.74, 6) is 0.198. The lowest BCUT2D eigenvalue weighted by atomic mass is 10.2. The summed E-state index contributed by atoms with van der Waals surface area (Å²) >= 11 is 6.35. The van der Waals surface area contributed by atoms with E-state index >= 15 is 0 Å². The highest BCUT2D eigenvalue weighted by atomic mass is 35.5. The average Bonchev–Trinajstić information content (AvgIpc) is 3.21. The molecule has 2 aromatic heterocycles. The molecule has 0 spiro atoms. The van der Waals surface area contributed by atoms with Gasteiger partial charge >= 0.3 is 0 Å². The highest BCUT2D eigenvalue weighted by molar-refractivity contribution is 6.31. The second kappa shape index (κ2) is 9.77. The number of nitrogens with one attached hydrogen (secondary N) is 1. The number of hydrazone groups is 1. The first-order chi connectivity index (χ1) is 16.7. The Labute approximate surface area is 201 Å². The Bertz CT molecular complexity index is 1500. The molecule has 0 atom stereocenters. The zero-order valence-corrected chi connectivity index (χ0v) is 18.9. The lowest BCUT2D eigenvalue weighted by Gasteiger charge is -2.07. The molecule has 0 unspecified atom stereocenters. The van der Waals surface area contributed by atoms with Crippen molar-refractivity contribution in [1.82, 2.24) is 15.0 Å². The molecule has 0 aliphatic heterocycles. The molecule has 0 aliphatic rings. The second-order valence-corrected chi connectivity index (χ2v) is 8.14. The number of pyridine rings is 1. The van der Waals surface area contributed by atoms with Crippen molar-refractivity contribution in [3.63, 3.8) is 0 Å². The number of carbonyl (C=O) groups excluding carboxylic acids is 1. The summed E-state index contributed by atoms with van der Waals surface area (Å²) in [4.78, 5) is 16.6. The maximum absolute atomic E-state index is 12.3. The van der Waals surface area contributed by atoms with Gasteiger partial charge < -0.3 is 9.30 Å². The third kappa shape index (κ3) is 4.63. The van der Waals surface area contributed by atoms with Gasteiger partial charge in [0.05, 0.1) is 6.21 Å². The molecule has 0 radical (unpaired) electrons. The summed E-state index contributed by atoms with van der Waals surface area (Å²) in [5.41, 5.74) is 6.23. The molecule has 3 aromatic carbocycles. The van der Waals surface area contributed by atoms with Gasteiger partial charge in [0.1, 0.15) is 11.3 Å². The molecule has 0 saturated heterocycles. The highest BCUT2D eigenvalue weighted by Crippen LogP contribution is 2.24. The molecule has 5 rings (SSSR count). The van der Waals surface area contributed by atoms with Crippen LogP contribution in [0.1, 0.15) is 11.1 Å². The normalized spacial score (nSPS) is 11.3. The number of hydrogen-bond donors (Lipinski definition) is 1. The maximum atomic E-state index is 12.3. The fraction of sp³-hybridized carbons (Fsp3) is 0.0741. The number of rotatable bonds is 7. The Morgan fingerprint density at radius 1 is 1.03 bits per heavy atom. The van der Waals surface area contributed by atoms with Crippen LogP contribution < -0.4 is 10.2 Å². The Balaban J connectivity index is 1.28. The number of carbonyl (C=O) groups is 1. The highest BCUT2D eigenvalue weighted by Gasteiger charge is 2.09. The third-order valence-electron chi connectivity index (χ3n) is 5.47. The Kier molecular flexibility index (Phi) is 6.23. The van der Waals surface area contributed by atoms with Crippen molar-refractivity contribution in [3.05, 3.63) is 107 Å². The second-order valence-electron chi connectivity index (χ2n) is 7.73. The third-order valence-corrected chi connectivity index (χ3v) is 5.83. The largest absolute Gasteiger partial charge is 0.481 e. The number of fused-ring (bicyclic) bond motifs is 2. The number of hydrogen-bond acceptors (Lipinski definition) is 4. The van der Waals surface area contributed by atoms with Gasteiger partial charge in [0, 0.05) is 45.8 Å². The molecule has 1 amide bonds. The van der Waals surface area contributed by atoms with Crippen LogP contribution in [0.3, 0.4) is 0 Å². The number of aromatic nitrogens is 2. The van der Waals surface area contributed by atoms with Gasteiger partial charge in [-0.3, -0.25) is 9.78 Å². The first-order valence-corrected chi connectivity index (χ1v) is 11.2. The first kappa shape index (κ1) is 21.7.